The van der Waals surface area contributed by atoms with E-state index >= 15 is 0 Å². The molecule has 1 unspecified atom stereocenters. The molecule has 18 heavy (non-hydrogen) atoms. The average molecular weight is 270 g/mol. The molecule has 1 heterocycles. The van der Waals surface area contributed by atoms with Crippen molar-refractivity contribution in [2.24, 2.45) is 0 Å². The van der Waals surface area contributed by atoms with E-state index in [1.165, 1.54) is 0 Å². The molecule has 0 spiro atoms. The van der Waals surface area contributed by atoms with Gasteiger partial charge in [0.2, 0.25) is 0 Å². The lowest BCUT2D eigenvalue weighted by Gasteiger charge is -2.48. The van der Waals surface area contributed by atoms with E-state index in [1.807, 2.05) is 13.8 Å². The van der Waals surface area contributed by atoms with E-state index in [4.69, 9.17) is 16.3 Å². The number of halogens is 1. The lowest BCUT2D eigenvalue weighted by atomic mass is 9.86. The van der Waals surface area contributed by atoms with Crippen molar-refractivity contribution in [2.75, 3.05) is 6.61 Å². The Kier molecular flexibility index (Phi) is 3.13. The summed E-state index contributed by atoms with van der Waals surface area (Å²) in [5.41, 5.74) is -1.21. The van der Waals surface area contributed by atoms with E-state index < -0.39 is 17.0 Å². The Morgan fingerprint density at radius 3 is 2.39 bits per heavy atom. The minimum absolute atomic E-state index is 0.158. The maximum absolute atomic E-state index is 12.0. The van der Waals surface area contributed by atoms with E-state index in [-0.39, 0.29) is 6.61 Å². The molecule has 4 nitrogen and oxygen atoms in total. The smallest absolute Gasteiger partial charge is 0.333 e. The summed E-state index contributed by atoms with van der Waals surface area (Å²) in [6, 6.07) is 6.80. The molecule has 2 rings (SSSR count). The highest BCUT2D eigenvalue weighted by Crippen LogP contribution is 2.37. The van der Waals surface area contributed by atoms with Crippen molar-refractivity contribution in [1.82, 2.24) is 5.06 Å². The standard InChI is InChI=1S/C13H16ClNO3/c1-12(2)8-18-11(16)13(3,15(12)17)9-4-6-10(14)7-5-9/h4-7,17H,8H2,1-3H3. The second kappa shape index (κ2) is 4.23. The highest BCUT2D eigenvalue weighted by Gasteiger charge is 2.52. The first-order chi connectivity index (χ1) is 8.28. The third kappa shape index (κ3) is 1.90. The minimum Gasteiger partial charge on any atom is -0.462 e. The van der Waals surface area contributed by atoms with Crippen molar-refractivity contribution in [3.05, 3.63) is 34.9 Å². The monoisotopic (exact) mass is 269 g/mol. The second-order valence-corrected chi connectivity index (χ2v) is 5.72. The van der Waals surface area contributed by atoms with E-state index in [2.05, 4.69) is 0 Å². The number of nitrogens with zero attached hydrogens (tertiary/aromatic N) is 1. The predicted octanol–water partition coefficient (Wildman–Crippen LogP) is 2.58. The van der Waals surface area contributed by atoms with Crippen LogP contribution in [0.2, 0.25) is 5.02 Å². The van der Waals surface area contributed by atoms with Crippen LogP contribution in [0.15, 0.2) is 24.3 Å². The predicted molar refractivity (Wildman–Crippen MR) is 67.5 cm³/mol. The molecule has 0 aliphatic carbocycles. The highest BCUT2D eigenvalue weighted by atomic mass is 35.5. The molecule has 98 valence electrons. The number of cyclic esters (lactones) is 1. The SMILES string of the molecule is CC1(C)COC(=O)C(C)(c2ccc(Cl)cc2)N1O. The third-order valence-corrected chi connectivity index (χ3v) is 3.61. The Morgan fingerprint density at radius 2 is 1.83 bits per heavy atom. The maximum atomic E-state index is 12.0. The van der Waals surface area contributed by atoms with E-state index in [1.54, 1.807) is 31.2 Å². The number of morpholine rings is 1. The zero-order chi connectivity index (χ0) is 13.6. The van der Waals surface area contributed by atoms with Crippen molar-refractivity contribution < 1.29 is 14.7 Å². The first-order valence-corrected chi connectivity index (χ1v) is 6.09. The van der Waals surface area contributed by atoms with Crippen molar-refractivity contribution in [2.45, 2.75) is 31.8 Å². The Hall–Kier alpha value is -1.10. The van der Waals surface area contributed by atoms with Crippen LogP contribution in [0.1, 0.15) is 26.3 Å². The van der Waals surface area contributed by atoms with Gasteiger partial charge in [-0.2, -0.15) is 5.06 Å². The number of ether oxygens (including phenoxy) is 1. The fourth-order valence-electron chi connectivity index (χ4n) is 2.15. The van der Waals surface area contributed by atoms with Gasteiger partial charge in [0.1, 0.15) is 6.61 Å². The molecule has 1 aromatic rings. The summed E-state index contributed by atoms with van der Waals surface area (Å²) in [6.07, 6.45) is 0. The van der Waals surface area contributed by atoms with Crippen LogP contribution in [-0.2, 0) is 15.1 Å². The first kappa shape index (κ1) is 13.3. The zero-order valence-corrected chi connectivity index (χ0v) is 11.4. The van der Waals surface area contributed by atoms with Crippen LogP contribution < -0.4 is 0 Å². The molecule has 0 radical (unpaired) electrons. The van der Waals surface area contributed by atoms with E-state index in [9.17, 15) is 10.0 Å². The van der Waals surface area contributed by atoms with Crippen LogP contribution in [-0.4, -0.2) is 28.4 Å². The summed E-state index contributed by atoms with van der Waals surface area (Å²) >= 11 is 5.83. The lowest BCUT2D eigenvalue weighted by molar-refractivity contribution is -0.272. The molecule has 1 aliphatic rings. The molecular weight excluding hydrogens is 254 g/mol. The van der Waals surface area contributed by atoms with Gasteiger partial charge in [-0.25, -0.2) is 4.79 Å². The molecule has 0 saturated carbocycles. The molecule has 1 atom stereocenters. The van der Waals surface area contributed by atoms with Crippen molar-refractivity contribution >= 4 is 17.6 Å². The van der Waals surface area contributed by atoms with Crippen LogP contribution in [0.25, 0.3) is 0 Å². The van der Waals surface area contributed by atoms with Gasteiger partial charge in [-0.3, -0.25) is 0 Å². The fraction of sp³-hybridized carbons (Fsp3) is 0.462. The molecular formula is C13H16ClNO3. The molecule has 1 aromatic carbocycles. The van der Waals surface area contributed by atoms with Crippen LogP contribution in [0, 0.1) is 0 Å². The average Bonchev–Trinajstić information content (AvgIpc) is 2.33. The number of carbonyl (C=O) groups excluding carboxylic acids is 1. The van der Waals surface area contributed by atoms with Gasteiger partial charge in [0, 0.05) is 5.02 Å². The zero-order valence-electron chi connectivity index (χ0n) is 10.6. The van der Waals surface area contributed by atoms with Crippen molar-refractivity contribution in [3.8, 4) is 0 Å². The van der Waals surface area contributed by atoms with Crippen molar-refractivity contribution in [3.63, 3.8) is 0 Å². The Balaban J connectivity index is 2.49. The molecule has 0 aromatic heterocycles. The summed E-state index contributed by atoms with van der Waals surface area (Å²) in [5, 5.41) is 12.0. The highest BCUT2D eigenvalue weighted by molar-refractivity contribution is 6.30. The summed E-state index contributed by atoms with van der Waals surface area (Å²) in [4.78, 5) is 12.0. The van der Waals surface area contributed by atoms with E-state index in [0.717, 1.165) is 5.06 Å². The number of hydroxylamine groups is 2. The number of esters is 1. The second-order valence-electron chi connectivity index (χ2n) is 5.28. The molecule has 5 heteroatoms. The van der Waals surface area contributed by atoms with Gasteiger partial charge in [0.15, 0.2) is 5.54 Å². The van der Waals surface area contributed by atoms with Gasteiger partial charge in [0.05, 0.1) is 5.54 Å². The molecule has 1 N–H and O–H groups in total. The Morgan fingerprint density at radius 1 is 1.28 bits per heavy atom. The van der Waals surface area contributed by atoms with Gasteiger partial charge in [-0.1, -0.05) is 23.7 Å². The summed E-state index contributed by atoms with van der Waals surface area (Å²) < 4.78 is 5.19. The first-order valence-electron chi connectivity index (χ1n) is 5.71. The Bertz CT molecular complexity index is 472. The maximum Gasteiger partial charge on any atom is 0.333 e. The molecule has 1 fully saturated rings. The van der Waals surface area contributed by atoms with E-state index in [0.29, 0.717) is 10.6 Å². The molecule has 1 aliphatic heterocycles. The van der Waals surface area contributed by atoms with Crippen molar-refractivity contribution in [1.29, 1.82) is 0 Å². The number of hydrogen-bond donors (Lipinski definition) is 1. The quantitative estimate of drug-likeness (QED) is 0.796. The molecule has 0 amide bonds. The number of benzene rings is 1. The summed E-state index contributed by atoms with van der Waals surface area (Å²) in [5.74, 6) is -0.466. The fourth-order valence-corrected chi connectivity index (χ4v) is 2.28. The summed E-state index contributed by atoms with van der Waals surface area (Å²) in [7, 11) is 0. The van der Waals surface area contributed by atoms with Crippen LogP contribution in [0.4, 0.5) is 0 Å². The van der Waals surface area contributed by atoms with Gasteiger partial charge >= 0.3 is 5.97 Å². The number of hydrogen-bond acceptors (Lipinski definition) is 4. The van der Waals surface area contributed by atoms with Crippen LogP contribution >= 0.6 is 11.6 Å². The topological polar surface area (TPSA) is 49.8 Å². The molecule has 1 saturated heterocycles. The largest absolute Gasteiger partial charge is 0.462 e. The van der Waals surface area contributed by atoms with Crippen LogP contribution in [0.5, 0.6) is 0 Å². The van der Waals surface area contributed by atoms with Gasteiger partial charge in [0.25, 0.3) is 0 Å². The van der Waals surface area contributed by atoms with Crippen LogP contribution in [0.3, 0.4) is 0 Å². The third-order valence-electron chi connectivity index (χ3n) is 3.36. The van der Waals surface area contributed by atoms with Gasteiger partial charge in [-0.05, 0) is 38.5 Å². The number of rotatable bonds is 1. The minimum atomic E-state index is -1.22. The Labute approximate surface area is 111 Å². The summed E-state index contributed by atoms with van der Waals surface area (Å²) in [6.45, 7) is 5.42. The van der Waals surface area contributed by atoms with Gasteiger partial charge in [-0.15, -0.1) is 0 Å². The lowest BCUT2D eigenvalue weighted by Crippen LogP contribution is -2.63. The normalized spacial score (nSPS) is 27.9. The molecule has 0 bridgehead atoms. The van der Waals surface area contributed by atoms with Gasteiger partial charge < -0.3 is 9.94 Å². The number of carbonyl (C=O) groups is 1.